The minimum absolute atomic E-state index is 0.119. The number of nitrogens with one attached hydrogen (secondary N) is 2. The minimum Gasteiger partial charge on any atom is -0.466 e. The summed E-state index contributed by atoms with van der Waals surface area (Å²) in [5, 5.41) is 5.24. The Morgan fingerprint density at radius 2 is 1.76 bits per heavy atom. The lowest BCUT2D eigenvalue weighted by atomic mass is 10.1. The molecule has 1 heterocycles. The van der Waals surface area contributed by atoms with Crippen LogP contribution in [0.25, 0.3) is 0 Å². The molecule has 0 spiro atoms. The Balaban J connectivity index is 1.53. The number of nitrogens with zero attached hydrogens (tertiary/aromatic N) is 1. The van der Waals surface area contributed by atoms with Gasteiger partial charge >= 0.3 is 5.97 Å². The van der Waals surface area contributed by atoms with E-state index in [0.29, 0.717) is 44.7 Å². The van der Waals surface area contributed by atoms with Crippen molar-refractivity contribution >= 4 is 35.3 Å². The first-order valence-electron chi connectivity index (χ1n) is 11.5. The van der Waals surface area contributed by atoms with Crippen molar-refractivity contribution in [1.29, 1.82) is 0 Å². The smallest absolute Gasteiger partial charge is 0.306 e. The van der Waals surface area contributed by atoms with Crippen LogP contribution in [0.1, 0.15) is 45.1 Å². The molecule has 0 saturated carbocycles. The number of amides is 4. The van der Waals surface area contributed by atoms with Crippen molar-refractivity contribution < 1.29 is 33.4 Å². The summed E-state index contributed by atoms with van der Waals surface area (Å²) in [4.78, 5) is 59.9. The lowest BCUT2D eigenvalue weighted by Gasteiger charge is -2.28. The Labute approximate surface area is 199 Å². The van der Waals surface area contributed by atoms with Crippen LogP contribution < -0.4 is 10.6 Å². The molecule has 10 heteroatoms. The van der Waals surface area contributed by atoms with Crippen molar-refractivity contribution in [2.45, 2.75) is 46.0 Å². The number of likely N-dealkylation sites (tertiary alicyclic amines) is 1. The van der Waals surface area contributed by atoms with E-state index < -0.39 is 11.8 Å². The predicted octanol–water partition coefficient (Wildman–Crippen LogP) is 1.43. The first-order valence-corrected chi connectivity index (χ1v) is 11.5. The first kappa shape index (κ1) is 27.0. The summed E-state index contributed by atoms with van der Waals surface area (Å²) in [5.41, 5.74) is 1.24. The maximum Gasteiger partial charge on any atom is 0.306 e. The van der Waals surface area contributed by atoms with E-state index in [0.717, 1.165) is 5.56 Å². The molecule has 0 unspecified atom stereocenters. The van der Waals surface area contributed by atoms with Gasteiger partial charge in [0, 0.05) is 44.6 Å². The Morgan fingerprint density at radius 3 is 2.38 bits per heavy atom. The van der Waals surface area contributed by atoms with E-state index in [1.807, 2.05) is 13.8 Å². The van der Waals surface area contributed by atoms with E-state index in [4.69, 9.17) is 9.47 Å². The van der Waals surface area contributed by atoms with E-state index >= 15 is 0 Å². The maximum atomic E-state index is 12.0. The number of imide groups is 1. The zero-order chi connectivity index (χ0) is 24.9. The third-order valence-corrected chi connectivity index (χ3v) is 4.91. The van der Waals surface area contributed by atoms with E-state index in [1.54, 1.807) is 24.3 Å². The molecule has 1 aliphatic heterocycles. The first-order chi connectivity index (χ1) is 16.2. The third kappa shape index (κ3) is 10.1. The second-order valence-electron chi connectivity index (χ2n) is 8.42. The molecule has 0 atom stereocenters. The van der Waals surface area contributed by atoms with Gasteiger partial charge in [0.1, 0.15) is 6.42 Å². The Bertz CT molecular complexity index is 868. The highest BCUT2D eigenvalue weighted by Crippen LogP contribution is 2.14. The van der Waals surface area contributed by atoms with Gasteiger partial charge in [-0.3, -0.25) is 28.9 Å². The molecule has 0 bridgehead atoms. The van der Waals surface area contributed by atoms with E-state index in [2.05, 4.69) is 10.6 Å². The number of carbonyl (C=O) groups excluding carboxylic acids is 5. The van der Waals surface area contributed by atoms with Gasteiger partial charge in [-0.2, -0.15) is 0 Å². The summed E-state index contributed by atoms with van der Waals surface area (Å²) >= 11 is 0. The molecule has 4 amide bonds. The molecule has 10 nitrogen and oxygen atoms in total. The van der Waals surface area contributed by atoms with Crippen LogP contribution in [0.5, 0.6) is 0 Å². The Hall–Kier alpha value is -3.27. The van der Waals surface area contributed by atoms with Gasteiger partial charge in [-0.1, -0.05) is 26.0 Å². The normalized spacial score (nSPS) is 12.8. The van der Waals surface area contributed by atoms with E-state index in [1.165, 1.54) is 4.90 Å². The summed E-state index contributed by atoms with van der Waals surface area (Å²) in [5.74, 6) is -1.23. The summed E-state index contributed by atoms with van der Waals surface area (Å²) < 4.78 is 10.4. The summed E-state index contributed by atoms with van der Waals surface area (Å²) in [7, 11) is 0. The van der Waals surface area contributed by atoms with E-state index in [-0.39, 0.29) is 49.7 Å². The topological polar surface area (TPSA) is 131 Å². The van der Waals surface area contributed by atoms with Crippen molar-refractivity contribution in [2.75, 3.05) is 38.2 Å². The zero-order valence-electron chi connectivity index (χ0n) is 19.8. The number of hydrogen-bond donors (Lipinski definition) is 2. The number of ether oxygens (including phenoxy) is 2. The average Bonchev–Trinajstić information content (AvgIpc) is 2.75. The Kier molecular flexibility index (Phi) is 11.2. The molecule has 1 saturated heterocycles. The van der Waals surface area contributed by atoms with Gasteiger partial charge in [0.05, 0.1) is 19.6 Å². The SMILES string of the molecule is CC(C)CC(=O)OCCCOCCNC(=O)CC(=O)Nc1ccc(CC(=O)N2CCC2=O)cc1. The fourth-order valence-electron chi connectivity index (χ4n) is 3.07. The second kappa shape index (κ2) is 14.1. The van der Waals surface area contributed by atoms with Crippen LogP contribution in [0.15, 0.2) is 24.3 Å². The minimum atomic E-state index is -0.461. The van der Waals surface area contributed by atoms with Crippen LogP contribution in [0.4, 0.5) is 5.69 Å². The van der Waals surface area contributed by atoms with Gasteiger partial charge in [-0.15, -0.1) is 0 Å². The molecule has 0 radical (unpaired) electrons. The predicted molar refractivity (Wildman–Crippen MR) is 124 cm³/mol. The molecule has 1 aliphatic rings. The fourth-order valence-corrected chi connectivity index (χ4v) is 3.07. The number of β-lactam (4-membered cyclic amide) rings is 1. The van der Waals surface area contributed by atoms with Crippen LogP contribution in [-0.4, -0.2) is 67.4 Å². The van der Waals surface area contributed by atoms with Crippen LogP contribution >= 0.6 is 0 Å². The number of benzene rings is 1. The summed E-state index contributed by atoms with van der Waals surface area (Å²) in [6, 6.07) is 6.68. The van der Waals surface area contributed by atoms with Gasteiger partial charge < -0.3 is 20.1 Å². The number of anilines is 1. The lowest BCUT2D eigenvalue weighted by molar-refractivity contribution is -0.152. The van der Waals surface area contributed by atoms with Gasteiger partial charge in [0.2, 0.25) is 23.6 Å². The molecule has 1 aromatic carbocycles. The molecule has 1 fully saturated rings. The number of rotatable bonds is 14. The summed E-state index contributed by atoms with van der Waals surface area (Å²) in [6.07, 6.45) is 1.17. The van der Waals surface area contributed by atoms with Gasteiger partial charge in [-0.05, 0) is 23.6 Å². The molecule has 2 rings (SSSR count). The Morgan fingerprint density at radius 1 is 1.03 bits per heavy atom. The molecule has 0 aromatic heterocycles. The van der Waals surface area contributed by atoms with Crippen LogP contribution in [0.2, 0.25) is 0 Å². The number of carbonyl (C=O) groups is 5. The van der Waals surface area contributed by atoms with Crippen molar-refractivity contribution in [3.05, 3.63) is 29.8 Å². The lowest BCUT2D eigenvalue weighted by Crippen LogP contribution is -2.48. The molecular weight excluding hydrogens is 442 g/mol. The van der Waals surface area contributed by atoms with Crippen molar-refractivity contribution in [1.82, 2.24) is 10.2 Å². The highest BCUT2D eigenvalue weighted by atomic mass is 16.5. The van der Waals surface area contributed by atoms with Crippen LogP contribution in [0.3, 0.4) is 0 Å². The van der Waals surface area contributed by atoms with Crippen LogP contribution in [-0.2, 0) is 39.9 Å². The van der Waals surface area contributed by atoms with Crippen LogP contribution in [0, 0.1) is 5.92 Å². The van der Waals surface area contributed by atoms with E-state index in [9.17, 15) is 24.0 Å². The molecule has 0 aliphatic carbocycles. The molecule has 2 N–H and O–H groups in total. The standard InChI is InChI=1S/C24H33N3O7/c1-17(2)14-24(32)34-12-3-11-33-13-9-25-20(28)16-21(29)26-19-6-4-18(5-7-19)15-23(31)27-10-8-22(27)30/h4-7,17H,3,8-16H2,1-2H3,(H,25,28)(H,26,29). The fraction of sp³-hybridized carbons (Fsp3) is 0.542. The zero-order valence-corrected chi connectivity index (χ0v) is 19.8. The summed E-state index contributed by atoms with van der Waals surface area (Å²) in [6.45, 7) is 5.62. The van der Waals surface area contributed by atoms with Gasteiger partial charge in [-0.25, -0.2) is 0 Å². The second-order valence-corrected chi connectivity index (χ2v) is 8.42. The van der Waals surface area contributed by atoms with Crippen molar-refractivity contribution in [3.63, 3.8) is 0 Å². The monoisotopic (exact) mass is 475 g/mol. The molecular formula is C24H33N3O7. The third-order valence-electron chi connectivity index (χ3n) is 4.91. The van der Waals surface area contributed by atoms with Gasteiger partial charge in [0.15, 0.2) is 0 Å². The highest BCUT2D eigenvalue weighted by molar-refractivity contribution is 6.03. The largest absolute Gasteiger partial charge is 0.466 e. The average molecular weight is 476 g/mol. The van der Waals surface area contributed by atoms with Gasteiger partial charge in [0.25, 0.3) is 0 Å². The molecule has 1 aromatic rings. The molecule has 34 heavy (non-hydrogen) atoms. The molecule has 186 valence electrons. The van der Waals surface area contributed by atoms with Crippen molar-refractivity contribution in [3.8, 4) is 0 Å². The van der Waals surface area contributed by atoms with Crippen molar-refractivity contribution in [2.24, 2.45) is 5.92 Å². The highest BCUT2D eigenvalue weighted by Gasteiger charge is 2.29. The quantitative estimate of drug-likeness (QED) is 0.180. The number of esters is 1. The maximum absolute atomic E-state index is 12.0. The number of hydrogen-bond acceptors (Lipinski definition) is 7.